The molecule has 0 unspecified atom stereocenters. The number of nitrogen functional groups attached to an aromatic ring is 1. The van der Waals surface area contributed by atoms with Gasteiger partial charge in [0.1, 0.15) is 17.2 Å². The lowest BCUT2D eigenvalue weighted by molar-refractivity contribution is 0.0204. The zero-order chi connectivity index (χ0) is 16.5. The lowest BCUT2D eigenvalue weighted by atomic mass is 9.89. The molecule has 1 fully saturated rings. The van der Waals surface area contributed by atoms with Gasteiger partial charge in [-0.25, -0.2) is 13.6 Å². The van der Waals surface area contributed by atoms with Gasteiger partial charge in [0.25, 0.3) is 0 Å². The molecule has 0 aromatic heterocycles. The standard InChI is InChI=1S/C16H22F2N2O2/c1-16(2,3)22-15(21)20-6-4-10(5-7-20)11-8-13(18)14(19)9-12(11)17/h8-10H,4-7,19H2,1-3H3. The molecular formula is C16H22F2N2O2. The van der Waals surface area contributed by atoms with Crippen LogP contribution in [0.5, 0.6) is 0 Å². The number of anilines is 1. The predicted molar refractivity (Wildman–Crippen MR) is 80.6 cm³/mol. The van der Waals surface area contributed by atoms with Crippen molar-refractivity contribution in [2.24, 2.45) is 0 Å². The maximum Gasteiger partial charge on any atom is 0.410 e. The highest BCUT2D eigenvalue weighted by Gasteiger charge is 2.29. The third-order valence-electron chi connectivity index (χ3n) is 3.70. The summed E-state index contributed by atoms with van der Waals surface area (Å²) in [5.74, 6) is -1.21. The molecule has 0 bridgehead atoms. The first-order chi connectivity index (χ1) is 10.2. The van der Waals surface area contributed by atoms with Gasteiger partial charge in [0.15, 0.2) is 0 Å². The van der Waals surface area contributed by atoms with Gasteiger partial charge in [-0.3, -0.25) is 0 Å². The second-order valence-electron chi connectivity index (χ2n) is 6.64. The molecule has 4 nitrogen and oxygen atoms in total. The smallest absolute Gasteiger partial charge is 0.410 e. The number of nitrogens with zero attached hydrogens (tertiary/aromatic N) is 1. The first kappa shape index (κ1) is 16.5. The van der Waals surface area contributed by atoms with Crippen LogP contribution in [0.3, 0.4) is 0 Å². The molecule has 2 N–H and O–H groups in total. The Kier molecular flexibility index (Phi) is 4.58. The minimum atomic E-state index is -0.606. The summed E-state index contributed by atoms with van der Waals surface area (Å²) in [5, 5.41) is 0. The highest BCUT2D eigenvalue weighted by atomic mass is 19.1. The number of amides is 1. The van der Waals surface area contributed by atoms with Crippen molar-refractivity contribution in [3.05, 3.63) is 29.3 Å². The summed E-state index contributed by atoms with van der Waals surface area (Å²) in [7, 11) is 0. The Hall–Kier alpha value is -1.85. The molecule has 0 atom stereocenters. The SMILES string of the molecule is CC(C)(C)OC(=O)N1CCC(c2cc(F)c(N)cc2F)CC1. The monoisotopic (exact) mass is 312 g/mol. The van der Waals surface area contributed by atoms with Gasteiger partial charge in [0.05, 0.1) is 5.69 Å². The van der Waals surface area contributed by atoms with E-state index in [-0.39, 0.29) is 17.7 Å². The minimum Gasteiger partial charge on any atom is -0.444 e. The van der Waals surface area contributed by atoms with Gasteiger partial charge >= 0.3 is 6.09 Å². The molecule has 1 aliphatic rings. The largest absolute Gasteiger partial charge is 0.444 e. The Labute approximate surface area is 129 Å². The number of carbonyl (C=O) groups is 1. The average molecular weight is 312 g/mol. The van der Waals surface area contributed by atoms with E-state index in [9.17, 15) is 13.6 Å². The highest BCUT2D eigenvalue weighted by Crippen LogP contribution is 2.32. The molecule has 1 amide bonds. The number of ether oxygens (including phenoxy) is 1. The molecular weight excluding hydrogens is 290 g/mol. The van der Waals surface area contributed by atoms with Gasteiger partial charge in [-0.2, -0.15) is 0 Å². The van der Waals surface area contributed by atoms with Crippen LogP contribution in [0.15, 0.2) is 12.1 Å². The molecule has 1 aromatic carbocycles. The van der Waals surface area contributed by atoms with Crippen LogP contribution in [0.25, 0.3) is 0 Å². The Morgan fingerprint density at radius 3 is 2.36 bits per heavy atom. The number of piperidine rings is 1. The van der Waals surface area contributed by atoms with Crippen molar-refractivity contribution >= 4 is 11.8 Å². The maximum absolute atomic E-state index is 13.9. The van der Waals surface area contributed by atoms with Crippen LogP contribution in [-0.2, 0) is 4.74 Å². The van der Waals surface area contributed by atoms with Crippen LogP contribution in [0.4, 0.5) is 19.3 Å². The van der Waals surface area contributed by atoms with E-state index in [1.807, 2.05) is 20.8 Å². The van der Waals surface area contributed by atoms with E-state index >= 15 is 0 Å². The van der Waals surface area contributed by atoms with Gasteiger partial charge in [0, 0.05) is 19.2 Å². The summed E-state index contributed by atoms with van der Waals surface area (Å²) in [4.78, 5) is 13.6. The van der Waals surface area contributed by atoms with E-state index in [2.05, 4.69) is 0 Å². The van der Waals surface area contributed by atoms with Gasteiger partial charge in [0.2, 0.25) is 0 Å². The van der Waals surface area contributed by atoms with E-state index in [1.165, 1.54) is 6.07 Å². The molecule has 0 saturated carbocycles. The second kappa shape index (κ2) is 6.10. The third kappa shape index (κ3) is 3.87. The molecule has 6 heteroatoms. The van der Waals surface area contributed by atoms with Crippen molar-refractivity contribution in [1.29, 1.82) is 0 Å². The van der Waals surface area contributed by atoms with Crippen molar-refractivity contribution in [2.45, 2.75) is 45.1 Å². The van der Waals surface area contributed by atoms with Crippen molar-refractivity contribution in [2.75, 3.05) is 18.8 Å². The normalized spacial score (nSPS) is 16.7. The number of hydrogen-bond donors (Lipinski definition) is 1. The van der Waals surface area contributed by atoms with Crippen LogP contribution < -0.4 is 5.73 Å². The molecule has 22 heavy (non-hydrogen) atoms. The van der Waals surface area contributed by atoms with Crippen molar-refractivity contribution in [1.82, 2.24) is 4.90 Å². The summed E-state index contributed by atoms with van der Waals surface area (Å²) in [6.07, 6.45) is 0.772. The van der Waals surface area contributed by atoms with E-state index in [0.717, 1.165) is 6.07 Å². The number of hydrogen-bond acceptors (Lipinski definition) is 3. The fraction of sp³-hybridized carbons (Fsp3) is 0.562. The van der Waals surface area contributed by atoms with Crippen LogP contribution in [0.2, 0.25) is 0 Å². The second-order valence-corrected chi connectivity index (χ2v) is 6.64. The van der Waals surface area contributed by atoms with E-state index in [0.29, 0.717) is 31.5 Å². The quantitative estimate of drug-likeness (QED) is 0.805. The molecule has 0 aliphatic carbocycles. The summed E-state index contributed by atoms with van der Waals surface area (Å²) in [5.41, 5.74) is 4.96. The molecule has 122 valence electrons. The Morgan fingerprint density at radius 1 is 1.23 bits per heavy atom. The molecule has 1 aliphatic heterocycles. The molecule has 1 saturated heterocycles. The van der Waals surface area contributed by atoms with Crippen molar-refractivity contribution in [3.8, 4) is 0 Å². The predicted octanol–water partition coefficient (Wildman–Crippen LogP) is 3.66. The molecule has 1 aromatic rings. The summed E-state index contributed by atoms with van der Waals surface area (Å²) in [6, 6.07) is 2.18. The average Bonchev–Trinajstić information content (AvgIpc) is 2.41. The molecule has 1 heterocycles. The summed E-state index contributed by atoms with van der Waals surface area (Å²) in [6.45, 7) is 6.36. The Balaban J connectivity index is 2.01. The first-order valence-electron chi connectivity index (χ1n) is 7.39. The van der Waals surface area contributed by atoms with E-state index < -0.39 is 17.2 Å². The highest BCUT2D eigenvalue weighted by molar-refractivity contribution is 5.68. The van der Waals surface area contributed by atoms with Crippen LogP contribution >= 0.6 is 0 Å². The number of halogens is 2. The lowest BCUT2D eigenvalue weighted by Gasteiger charge is -2.33. The van der Waals surface area contributed by atoms with Crippen LogP contribution in [0, 0.1) is 11.6 Å². The topological polar surface area (TPSA) is 55.6 Å². The van der Waals surface area contributed by atoms with Crippen molar-refractivity contribution < 1.29 is 18.3 Å². The molecule has 0 radical (unpaired) electrons. The maximum atomic E-state index is 13.9. The molecule has 0 spiro atoms. The number of nitrogens with two attached hydrogens (primary N) is 1. The number of carbonyl (C=O) groups excluding carboxylic acids is 1. The zero-order valence-corrected chi connectivity index (χ0v) is 13.2. The van der Waals surface area contributed by atoms with Crippen molar-refractivity contribution in [3.63, 3.8) is 0 Å². The third-order valence-corrected chi connectivity index (χ3v) is 3.70. The lowest BCUT2D eigenvalue weighted by Crippen LogP contribution is -2.41. The van der Waals surface area contributed by atoms with Gasteiger partial charge in [-0.05, 0) is 51.2 Å². The fourth-order valence-electron chi connectivity index (χ4n) is 2.59. The van der Waals surface area contributed by atoms with Crippen LogP contribution in [0.1, 0.15) is 45.1 Å². The number of rotatable bonds is 1. The van der Waals surface area contributed by atoms with Crippen LogP contribution in [-0.4, -0.2) is 29.7 Å². The number of likely N-dealkylation sites (tertiary alicyclic amines) is 1. The molecule has 2 rings (SSSR count). The summed E-state index contributed by atoms with van der Waals surface area (Å²) >= 11 is 0. The zero-order valence-electron chi connectivity index (χ0n) is 13.2. The van der Waals surface area contributed by atoms with E-state index in [4.69, 9.17) is 10.5 Å². The first-order valence-corrected chi connectivity index (χ1v) is 7.39. The Bertz CT molecular complexity index is 562. The number of benzene rings is 1. The Morgan fingerprint density at radius 2 is 1.82 bits per heavy atom. The minimum absolute atomic E-state index is 0.117. The van der Waals surface area contributed by atoms with Gasteiger partial charge in [-0.15, -0.1) is 0 Å². The fourth-order valence-corrected chi connectivity index (χ4v) is 2.59. The van der Waals surface area contributed by atoms with E-state index in [1.54, 1.807) is 4.90 Å². The summed E-state index contributed by atoms with van der Waals surface area (Å²) < 4.78 is 32.8. The van der Waals surface area contributed by atoms with Gasteiger partial charge in [-0.1, -0.05) is 0 Å². The van der Waals surface area contributed by atoms with Gasteiger partial charge < -0.3 is 15.4 Å².